The van der Waals surface area contributed by atoms with Crippen LogP contribution in [0.4, 0.5) is 0 Å². The Labute approximate surface area is 107 Å². The van der Waals surface area contributed by atoms with Crippen LogP contribution in [-0.4, -0.2) is 52.1 Å². The summed E-state index contributed by atoms with van der Waals surface area (Å²) < 4.78 is 36.7. The smallest absolute Gasteiger partial charge is 0.244 e. The molecule has 7 nitrogen and oxygen atoms in total. The van der Waals surface area contributed by atoms with E-state index in [-0.39, 0.29) is 17.5 Å². The van der Waals surface area contributed by atoms with E-state index < -0.39 is 10.0 Å². The summed E-state index contributed by atoms with van der Waals surface area (Å²) in [6.07, 6.45) is -0.322. The Bertz CT molecular complexity index is 464. The summed E-state index contributed by atoms with van der Waals surface area (Å²) in [5.41, 5.74) is 0.960. The predicted molar refractivity (Wildman–Crippen MR) is 65.9 cm³/mol. The maximum absolute atomic E-state index is 12.1. The minimum absolute atomic E-state index is 0.150. The molecular formula is C10H19N3O4S. The first-order valence-electron chi connectivity index (χ1n) is 5.45. The number of methoxy groups -OCH3 is 2. The number of hydrogen-bond donors (Lipinski definition) is 2. The normalized spacial score (nSPS) is 13.8. The van der Waals surface area contributed by atoms with Crippen LogP contribution in [0.5, 0.6) is 0 Å². The fourth-order valence-corrected chi connectivity index (χ4v) is 3.04. The Balaban J connectivity index is 2.77. The molecule has 104 valence electrons. The van der Waals surface area contributed by atoms with Crippen LogP contribution in [0.3, 0.4) is 0 Å². The molecule has 1 aromatic heterocycles. The largest absolute Gasteiger partial charge is 0.382 e. The second-order valence-corrected chi connectivity index (χ2v) is 5.63. The highest BCUT2D eigenvalue weighted by molar-refractivity contribution is 7.89. The first kappa shape index (κ1) is 15.1. The van der Waals surface area contributed by atoms with Crippen molar-refractivity contribution in [3.63, 3.8) is 0 Å². The van der Waals surface area contributed by atoms with Gasteiger partial charge in [0.05, 0.1) is 24.1 Å². The number of H-pyrrole nitrogens is 1. The Kier molecular flexibility index (Phi) is 5.27. The molecule has 0 aliphatic carbocycles. The van der Waals surface area contributed by atoms with Gasteiger partial charge in [0, 0.05) is 20.8 Å². The summed E-state index contributed by atoms with van der Waals surface area (Å²) in [6, 6.07) is 0. The third-order valence-electron chi connectivity index (χ3n) is 2.52. The van der Waals surface area contributed by atoms with E-state index in [4.69, 9.17) is 9.47 Å². The number of nitrogens with one attached hydrogen (secondary N) is 2. The number of aromatic amines is 1. The molecule has 1 heterocycles. The van der Waals surface area contributed by atoms with Gasteiger partial charge in [-0.1, -0.05) is 0 Å². The van der Waals surface area contributed by atoms with Crippen molar-refractivity contribution in [3.05, 3.63) is 11.4 Å². The topological polar surface area (TPSA) is 93.3 Å². The molecule has 2 N–H and O–H groups in total. The molecule has 1 unspecified atom stereocenters. The van der Waals surface area contributed by atoms with Crippen molar-refractivity contribution >= 4 is 10.0 Å². The molecule has 0 aliphatic heterocycles. The van der Waals surface area contributed by atoms with E-state index >= 15 is 0 Å². The molecule has 18 heavy (non-hydrogen) atoms. The van der Waals surface area contributed by atoms with Gasteiger partial charge in [0.2, 0.25) is 10.0 Å². The monoisotopic (exact) mass is 277 g/mol. The zero-order chi connectivity index (χ0) is 13.8. The Morgan fingerprint density at radius 2 is 2.06 bits per heavy atom. The van der Waals surface area contributed by atoms with E-state index in [1.54, 1.807) is 13.8 Å². The summed E-state index contributed by atoms with van der Waals surface area (Å²) in [6.45, 7) is 3.78. The maximum atomic E-state index is 12.1. The lowest BCUT2D eigenvalue weighted by atomic mass is 10.4. The average molecular weight is 277 g/mol. The van der Waals surface area contributed by atoms with Gasteiger partial charge in [-0.05, 0) is 13.8 Å². The predicted octanol–water partition coefficient (Wildman–Crippen LogP) is -0.0338. The van der Waals surface area contributed by atoms with Gasteiger partial charge in [0.1, 0.15) is 4.90 Å². The van der Waals surface area contributed by atoms with E-state index in [0.717, 1.165) is 0 Å². The quantitative estimate of drug-likeness (QED) is 0.730. The Morgan fingerprint density at radius 1 is 1.39 bits per heavy atom. The lowest BCUT2D eigenvalue weighted by Gasteiger charge is -2.15. The first-order valence-corrected chi connectivity index (χ1v) is 6.93. The molecule has 8 heteroatoms. The molecule has 0 saturated heterocycles. The van der Waals surface area contributed by atoms with E-state index in [1.165, 1.54) is 14.2 Å². The maximum Gasteiger partial charge on any atom is 0.244 e. The van der Waals surface area contributed by atoms with Crippen LogP contribution in [0, 0.1) is 13.8 Å². The number of ether oxygens (including phenoxy) is 2. The van der Waals surface area contributed by atoms with Gasteiger partial charge in [0.15, 0.2) is 0 Å². The van der Waals surface area contributed by atoms with Crippen molar-refractivity contribution in [3.8, 4) is 0 Å². The first-order chi connectivity index (χ1) is 8.42. The van der Waals surface area contributed by atoms with Crippen molar-refractivity contribution in [2.75, 3.05) is 27.4 Å². The van der Waals surface area contributed by atoms with E-state index in [9.17, 15) is 8.42 Å². The van der Waals surface area contributed by atoms with Gasteiger partial charge < -0.3 is 9.47 Å². The summed E-state index contributed by atoms with van der Waals surface area (Å²) >= 11 is 0. The Morgan fingerprint density at radius 3 is 2.50 bits per heavy atom. The van der Waals surface area contributed by atoms with Gasteiger partial charge in [0.25, 0.3) is 0 Å². The van der Waals surface area contributed by atoms with Crippen LogP contribution < -0.4 is 4.72 Å². The average Bonchev–Trinajstić information content (AvgIpc) is 2.65. The van der Waals surface area contributed by atoms with Crippen LogP contribution in [0.25, 0.3) is 0 Å². The van der Waals surface area contributed by atoms with Crippen LogP contribution in [0.15, 0.2) is 4.90 Å². The van der Waals surface area contributed by atoms with Gasteiger partial charge >= 0.3 is 0 Å². The molecule has 0 spiro atoms. The van der Waals surface area contributed by atoms with Crippen LogP contribution in [0.1, 0.15) is 11.4 Å². The Hall–Kier alpha value is -0.960. The zero-order valence-electron chi connectivity index (χ0n) is 11.0. The fourth-order valence-electron chi connectivity index (χ4n) is 1.61. The van der Waals surface area contributed by atoms with Gasteiger partial charge in [-0.2, -0.15) is 5.10 Å². The number of nitrogens with zero attached hydrogens (tertiary/aromatic N) is 1. The van der Waals surface area contributed by atoms with Crippen molar-refractivity contribution in [1.29, 1.82) is 0 Å². The second-order valence-electron chi connectivity index (χ2n) is 3.93. The molecule has 1 atom stereocenters. The number of sulfonamides is 1. The SMILES string of the molecule is COCC(CNS(=O)(=O)c1c(C)n[nH]c1C)OC. The highest BCUT2D eigenvalue weighted by Gasteiger charge is 2.23. The summed E-state index contributed by atoms with van der Waals surface area (Å²) in [7, 11) is -0.542. The minimum atomic E-state index is -3.58. The van der Waals surface area contributed by atoms with Crippen LogP contribution in [0.2, 0.25) is 0 Å². The minimum Gasteiger partial charge on any atom is -0.382 e. The lowest BCUT2D eigenvalue weighted by molar-refractivity contribution is 0.0320. The van der Waals surface area contributed by atoms with E-state index in [2.05, 4.69) is 14.9 Å². The van der Waals surface area contributed by atoms with Crippen molar-refractivity contribution in [2.24, 2.45) is 0 Å². The third kappa shape index (κ3) is 3.52. The summed E-state index contributed by atoms with van der Waals surface area (Å²) in [5.74, 6) is 0. The van der Waals surface area contributed by atoms with Crippen molar-refractivity contribution < 1.29 is 17.9 Å². The zero-order valence-corrected chi connectivity index (χ0v) is 11.8. The highest BCUT2D eigenvalue weighted by Crippen LogP contribution is 2.16. The molecule has 0 amide bonds. The second kappa shape index (κ2) is 6.28. The molecule has 0 aromatic carbocycles. The number of rotatable bonds is 7. The van der Waals surface area contributed by atoms with Crippen molar-refractivity contribution in [1.82, 2.24) is 14.9 Å². The molecule has 0 fully saturated rings. The molecule has 0 radical (unpaired) electrons. The standard InChI is InChI=1S/C10H19N3O4S/c1-7-10(8(2)13-12-7)18(14,15)11-5-9(17-4)6-16-3/h9,11H,5-6H2,1-4H3,(H,12,13). The summed E-state index contributed by atoms with van der Waals surface area (Å²) in [4.78, 5) is 0.190. The highest BCUT2D eigenvalue weighted by atomic mass is 32.2. The number of aromatic nitrogens is 2. The van der Waals surface area contributed by atoms with Gasteiger partial charge in [-0.15, -0.1) is 0 Å². The van der Waals surface area contributed by atoms with E-state index in [1.807, 2.05) is 0 Å². The molecule has 0 aliphatic rings. The van der Waals surface area contributed by atoms with Crippen LogP contribution >= 0.6 is 0 Å². The number of hydrogen-bond acceptors (Lipinski definition) is 5. The number of aryl methyl sites for hydroxylation is 2. The van der Waals surface area contributed by atoms with Gasteiger partial charge in [-0.3, -0.25) is 5.10 Å². The summed E-state index contributed by atoms with van der Waals surface area (Å²) in [5, 5.41) is 6.51. The van der Waals surface area contributed by atoms with E-state index in [0.29, 0.717) is 18.0 Å². The van der Waals surface area contributed by atoms with Gasteiger partial charge in [-0.25, -0.2) is 13.1 Å². The molecular weight excluding hydrogens is 258 g/mol. The van der Waals surface area contributed by atoms with Crippen LogP contribution in [-0.2, 0) is 19.5 Å². The lowest BCUT2D eigenvalue weighted by Crippen LogP contribution is -2.35. The molecule has 1 aromatic rings. The molecule has 0 saturated carbocycles. The fraction of sp³-hybridized carbons (Fsp3) is 0.700. The molecule has 1 rings (SSSR count). The molecule has 0 bridgehead atoms. The third-order valence-corrected chi connectivity index (χ3v) is 4.20. The van der Waals surface area contributed by atoms with Crippen molar-refractivity contribution in [2.45, 2.75) is 24.8 Å².